The zero-order valence-corrected chi connectivity index (χ0v) is 20.2. The average molecular weight is 476 g/mol. The van der Waals surface area contributed by atoms with Crippen molar-refractivity contribution >= 4 is 63.5 Å². The summed E-state index contributed by atoms with van der Waals surface area (Å²) in [6.45, 7) is 7.77. The van der Waals surface area contributed by atoms with Gasteiger partial charge in [-0.05, 0) is 80.6 Å². The first kappa shape index (κ1) is 25.6. The summed E-state index contributed by atoms with van der Waals surface area (Å²) in [5.74, 6) is -0.215. The third kappa shape index (κ3) is 8.82. The van der Waals surface area contributed by atoms with Gasteiger partial charge in [-0.15, -0.1) is 0 Å². The maximum Gasteiger partial charge on any atom is 0.238 e. The Morgan fingerprint density at radius 2 is 1.41 bits per heavy atom. The largest absolute Gasteiger partial charge is 0.332 e. The first-order valence-corrected chi connectivity index (χ1v) is 11.4. The first-order valence-electron chi connectivity index (χ1n) is 10.6. The van der Waals surface area contributed by atoms with Gasteiger partial charge in [0, 0.05) is 24.0 Å². The number of nitrogens with one attached hydrogen (secondary N) is 4. The zero-order chi connectivity index (χ0) is 23.5. The second-order valence-electron chi connectivity index (χ2n) is 7.36. The van der Waals surface area contributed by atoms with E-state index in [0.29, 0.717) is 33.7 Å². The normalized spacial score (nSPS) is 10.5. The monoisotopic (exact) mass is 475 g/mol. The SMILES string of the molecule is CCCN(CCC)CC(=O)Nc1ccc(NC(=S)Nc2ccc(NC(C)=O)cc2)cc1Cl. The quantitative estimate of drug-likeness (QED) is 0.355. The number of carbonyl (C=O) groups excluding carboxylic acids is 2. The lowest BCUT2D eigenvalue weighted by atomic mass is 10.2. The van der Waals surface area contributed by atoms with Crippen LogP contribution in [0.1, 0.15) is 33.6 Å². The summed E-state index contributed by atoms with van der Waals surface area (Å²) in [7, 11) is 0. The summed E-state index contributed by atoms with van der Waals surface area (Å²) in [6, 6.07) is 12.4. The van der Waals surface area contributed by atoms with Gasteiger partial charge >= 0.3 is 0 Å². The molecule has 0 spiro atoms. The van der Waals surface area contributed by atoms with E-state index in [1.54, 1.807) is 30.3 Å². The molecule has 0 saturated heterocycles. The van der Waals surface area contributed by atoms with Crippen LogP contribution in [0.5, 0.6) is 0 Å². The number of hydrogen-bond donors (Lipinski definition) is 4. The molecule has 0 aliphatic rings. The number of nitrogens with zero attached hydrogens (tertiary/aromatic N) is 1. The van der Waals surface area contributed by atoms with E-state index in [9.17, 15) is 9.59 Å². The van der Waals surface area contributed by atoms with Crippen LogP contribution in [0.4, 0.5) is 22.7 Å². The Kier molecular flexibility index (Phi) is 10.4. The molecule has 9 heteroatoms. The number of carbonyl (C=O) groups is 2. The lowest BCUT2D eigenvalue weighted by Gasteiger charge is -2.20. The number of benzene rings is 2. The smallest absolute Gasteiger partial charge is 0.238 e. The molecular weight excluding hydrogens is 446 g/mol. The molecule has 2 amide bonds. The Morgan fingerprint density at radius 1 is 0.875 bits per heavy atom. The van der Waals surface area contributed by atoms with Crippen LogP contribution in [-0.4, -0.2) is 41.5 Å². The Bertz CT molecular complexity index is 930. The number of halogens is 1. The zero-order valence-electron chi connectivity index (χ0n) is 18.6. The van der Waals surface area contributed by atoms with E-state index in [4.69, 9.17) is 23.8 Å². The Morgan fingerprint density at radius 3 is 1.94 bits per heavy atom. The molecular formula is C23H30ClN5O2S. The summed E-state index contributed by atoms with van der Waals surface area (Å²) in [5, 5.41) is 12.5. The van der Waals surface area contributed by atoms with E-state index in [1.807, 2.05) is 12.1 Å². The molecule has 0 atom stereocenters. The number of rotatable bonds is 10. The standard InChI is InChI=1S/C23H30ClN5O2S/c1-4-12-29(13-5-2)15-22(31)28-21-11-10-19(14-20(21)24)27-23(32)26-18-8-6-17(7-9-18)25-16(3)30/h6-11,14H,4-5,12-13,15H2,1-3H3,(H,25,30)(H,28,31)(H2,26,27,32). The van der Waals surface area contributed by atoms with Crippen LogP contribution in [0.3, 0.4) is 0 Å². The van der Waals surface area contributed by atoms with Crippen LogP contribution in [0.2, 0.25) is 5.02 Å². The summed E-state index contributed by atoms with van der Waals surface area (Å²) < 4.78 is 0. The third-order valence-electron chi connectivity index (χ3n) is 4.41. The highest BCUT2D eigenvalue weighted by molar-refractivity contribution is 7.80. The fraction of sp³-hybridized carbons (Fsp3) is 0.348. The molecule has 0 aromatic heterocycles. The summed E-state index contributed by atoms with van der Waals surface area (Å²) in [5.41, 5.74) is 2.73. The van der Waals surface area contributed by atoms with Crippen LogP contribution < -0.4 is 21.3 Å². The van der Waals surface area contributed by atoms with Crippen LogP contribution in [0.15, 0.2) is 42.5 Å². The second-order valence-corrected chi connectivity index (χ2v) is 8.17. The summed E-state index contributed by atoms with van der Waals surface area (Å²) in [6.07, 6.45) is 2.00. The van der Waals surface area contributed by atoms with Crippen LogP contribution >= 0.6 is 23.8 Å². The van der Waals surface area contributed by atoms with E-state index in [1.165, 1.54) is 6.92 Å². The van der Waals surface area contributed by atoms with Gasteiger partial charge in [-0.2, -0.15) is 0 Å². The van der Waals surface area contributed by atoms with Gasteiger partial charge in [0.15, 0.2) is 5.11 Å². The summed E-state index contributed by atoms with van der Waals surface area (Å²) >= 11 is 11.7. The minimum Gasteiger partial charge on any atom is -0.332 e. The minimum atomic E-state index is -0.126. The van der Waals surface area contributed by atoms with Crippen molar-refractivity contribution in [3.8, 4) is 0 Å². The van der Waals surface area contributed by atoms with Gasteiger partial charge in [-0.1, -0.05) is 25.4 Å². The van der Waals surface area contributed by atoms with E-state index >= 15 is 0 Å². The van der Waals surface area contributed by atoms with Crippen LogP contribution in [0, 0.1) is 0 Å². The minimum absolute atomic E-state index is 0.0885. The van der Waals surface area contributed by atoms with Crippen molar-refractivity contribution in [3.05, 3.63) is 47.5 Å². The number of anilines is 4. The van der Waals surface area contributed by atoms with E-state index < -0.39 is 0 Å². The summed E-state index contributed by atoms with van der Waals surface area (Å²) in [4.78, 5) is 25.6. The van der Waals surface area contributed by atoms with Gasteiger partial charge in [0.1, 0.15) is 0 Å². The molecule has 0 aliphatic heterocycles. The average Bonchev–Trinajstić information content (AvgIpc) is 2.71. The first-order chi connectivity index (χ1) is 15.3. The molecule has 2 aromatic rings. The van der Waals surface area contributed by atoms with Crippen molar-refractivity contribution in [1.82, 2.24) is 4.90 Å². The van der Waals surface area contributed by atoms with Gasteiger partial charge in [0.25, 0.3) is 0 Å². The van der Waals surface area contributed by atoms with Gasteiger partial charge in [-0.25, -0.2) is 0 Å². The van der Waals surface area contributed by atoms with Crippen LogP contribution in [-0.2, 0) is 9.59 Å². The predicted molar refractivity (Wildman–Crippen MR) is 138 cm³/mol. The van der Waals surface area contributed by atoms with Gasteiger partial charge in [0.05, 0.1) is 17.3 Å². The molecule has 2 rings (SSSR count). The van der Waals surface area contributed by atoms with Crippen LogP contribution in [0.25, 0.3) is 0 Å². The molecule has 0 heterocycles. The molecule has 172 valence electrons. The maximum absolute atomic E-state index is 12.4. The molecule has 0 bridgehead atoms. The Labute approximate surface area is 199 Å². The van der Waals surface area contributed by atoms with Crippen molar-refractivity contribution in [2.45, 2.75) is 33.6 Å². The molecule has 4 N–H and O–H groups in total. The molecule has 0 fully saturated rings. The van der Waals surface area contributed by atoms with Gasteiger partial charge in [0.2, 0.25) is 11.8 Å². The molecule has 32 heavy (non-hydrogen) atoms. The van der Waals surface area contributed by atoms with Crippen molar-refractivity contribution < 1.29 is 9.59 Å². The highest BCUT2D eigenvalue weighted by Gasteiger charge is 2.12. The maximum atomic E-state index is 12.4. The Balaban J connectivity index is 1.91. The molecule has 7 nitrogen and oxygen atoms in total. The lowest BCUT2D eigenvalue weighted by Crippen LogP contribution is -2.34. The highest BCUT2D eigenvalue weighted by atomic mass is 35.5. The van der Waals surface area contributed by atoms with Gasteiger partial charge in [-0.3, -0.25) is 14.5 Å². The fourth-order valence-corrected chi connectivity index (χ4v) is 3.59. The van der Waals surface area contributed by atoms with Crippen molar-refractivity contribution in [1.29, 1.82) is 0 Å². The van der Waals surface area contributed by atoms with Crippen molar-refractivity contribution in [2.75, 3.05) is 40.9 Å². The topological polar surface area (TPSA) is 85.5 Å². The fourth-order valence-electron chi connectivity index (χ4n) is 3.12. The number of thiocarbonyl (C=S) groups is 1. The van der Waals surface area contributed by atoms with Crippen molar-refractivity contribution in [3.63, 3.8) is 0 Å². The number of amides is 2. The molecule has 0 saturated carbocycles. The lowest BCUT2D eigenvalue weighted by molar-refractivity contribution is -0.117. The highest BCUT2D eigenvalue weighted by Crippen LogP contribution is 2.26. The predicted octanol–water partition coefficient (Wildman–Crippen LogP) is 5.17. The third-order valence-corrected chi connectivity index (χ3v) is 4.93. The Hall–Kier alpha value is -2.68. The van der Waals surface area contributed by atoms with E-state index in [0.717, 1.165) is 31.6 Å². The van der Waals surface area contributed by atoms with E-state index in [2.05, 4.69) is 40.0 Å². The molecule has 2 aromatic carbocycles. The molecule has 0 unspecified atom stereocenters. The van der Waals surface area contributed by atoms with Crippen molar-refractivity contribution in [2.24, 2.45) is 0 Å². The second kappa shape index (κ2) is 13.0. The molecule has 0 radical (unpaired) electrons. The van der Waals surface area contributed by atoms with E-state index in [-0.39, 0.29) is 11.8 Å². The number of hydrogen-bond acceptors (Lipinski definition) is 4. The molecule has 0 aliphatic carbocycles. The van der Waals surface area contributed by atoms with Gasteiger partial charge < -0.3 is 21.3 Å².